The van der Waals surface area contributed by atoms with Crippen molar-refractivity contribution in [1.29, 1.82) is 0 Å². The van der Waals surface area contributed by atoms with Crippen LogP contribution in [0.25, 0.3) is 0 Å². The second-order valence-corrected chi connectivity index (χ2v) is 5.13. The van der Waals surface area contributed by atoms with Gasteiger partial charge in [-0.2, -0.15) is 0 Å². The van der Waals surface area contributed by atoms with Crippen LogP contribution in [-0.2, 0) is 0 Å². The Morgan fingerprint density at radius 3 is 2.63 bits per heavy atom. The lowest BCUT2D eigenvalue weighted by molar-refractivity contribution is 0.103. The summed E-state index contributed by atoms with van der Waals surface area (Å²) in [5.74, 6) is 0.481. The zero-order chi connectivity index (χ0) is 13.8. The Bertz CT molecular complexity index is 611. The third-order valence-corrected chi connectivity index (χ3v) is 3.87. The molecule has 2 aromatic carbocycles. The summed E-state index contributed by atoms with van der Waals surface area (Å²) in [5, 5.41) is 0.497. The first kappa shape index (κ1) is 14.0. The van der Waals surface area contributed by atoms with E-state index in [0.717, 1.165) is 4.90 Å². The molecule has 0 bridgehead atoms. The molecule has 2 aromatic rings. The summed E-state index contributed by atoms with van der Waals surface area (Å²) >= 11 is 7.52. The Hall–Kier alpha value is -1.45. The van der Waals surface area contributed by atoms with Crippen LogP contribution >= 0.6 is 23.4 Å². The highest BCUT2D eigenvalue weighted by atomic mass is 35.5. The average molecular weight is 293 g/mol. The normalized spacial score (nSPS) is 10.3. The van der Waals surface area contributed by atoms with E-state index in [4.69, 9.17) is 16.3 Å². The summed E-state index contributed by atoms with van der Waals surface area (Å²) in [6.45, 7) is 0. The van der Waals surface area contributed by atoms with Gasteiger partial charge in [-0.3, -0.25) is 4.79 Å². The lowest BCUT2D eigenvalue weighted by Crippen LogP contribution is -2.03. The van der Waals surface area contributed by atoms with Crippen LogP contribution in [0.3, 0.4) is 0 Å². The number of benzene rings is 2. The molecule has 0 aliphatic rings. The number of rotatable bonds is 4. The summed E-state index contributed by atoms with van der Waals surface area (Å²) in [6, 6.07) is 12.6. The van der Waals surface area contributed by atoms with Gasteiger partial charge in [-0.1, -0.05) is 23.7 Å². The van der Waals surface area contributed by atoms with Gasteiger partial charge in [0, 0.05) is 16.0 Å². The second kappa shape index (κ2) is 6.13. The predicted octanol–water partition coefficient (Wildman–Crippen LogP) is 4.30. The molecule has 2 nitrogen and oxygen atoms in total. The minimum absolute atomic E-state index is 0.0279. The first-order valence-corrected chi connectivity index (χ1v) is 7.29. The van der Waals surface area contributed by atoms with Crippen LogP contribution < -0.4 is 4.74 Å². The van der Waals surface area contributed by atoms with Crippen molar-refractivity contribution >= 4 is 29.1 Å². The first-order valence-electron chi connectivity index (χ1n) is 5.68. The Kier molecular flexibility index (Phi) is 4.51. The van der Waals surface area contributed by atoms with E-state index in [0.29, 0.717) is 21.9 Å². The largest absolute Gasteiger partial charge is 0.495 e. The van der Waals surface area contributed by atoms with E-state index in [1.807, 2.05) is 30.5 Å². The minimum Gasteiger partial charge on any atom is -0.495 e. The molecule has 0 atom stereocenters. The Balaban J connectivity index is 2.44. The molecule has 0 aromatic heterocycles. The fourth-order valence-corrected chi connectivity index (χ4v) is 2.58. The van der Waals surface area contributed by atoms with Crippen molar-refractivity contribution in [2.75, 3.05) is 13.4 Å². The van der Waals surface area contributed by atoms with E-state index in [1.165, 1.54) is 7.11 Å². The van der Waals surface area contributed by atoms with Gasteiger partial charge in [0.2, 0.25) is 0 Å². The van der Waals surface area contributed by atoms with Crippen molar-refractivity contribution < 1.29 is 9.53 Å². The fourth-order valence-electron chi connectivity index (χ4n) is 1.79. The molecule has 0 saturated carbocycles. The third-order valence-electron chi connectivity index (χ3n) is 2.76. The summed E-state index contributed by atoms with van der Waals surface area (Å²) in [6.07, 6.45) is 1.95. The smallest absolute Gasteiger partial charge is 0.194 e. The number of ether oxygens (including phenoxy) is 1. The number of hydrogen-bond acceptors (Lipinski definition) is 3. The molecule has 0 fully saturated rings. The maximum atomic E-state index is 12.5. The van der Waals surface area contributed by atoms with Gasteiger partial charge in [0.1, 0.15) is 5.75 Å². The van der Waals surface area contributed by atoms with E-state index in [2.05, 4.69) is 0 Å². The molecule has 19 heavy (non-hydrogen) atoms. The van der Waals surface area contributed by atoms with E-state index >= 15 is 0 Å². The molecule has 2 rings (SSSR count). The monoisotopic (exact) mass is 292 g/mol. The van der Waals surface area contributed by atoms with Gasteiger partial charge in [-0.15, -0.1) is 11.8 Å². The molecule has 4 heteroatoms. The maximum absolute atomic E-state index is 12.5. The summed E-state index contributed by atoms with van der Waals surface area (Å²) < 4.78 is 5.14. The summed E-state index contributed by atoms with van der Waals surface area (Å²) in [4.78, 5) is 13.5. The van der Waals surface area contributed by atoms with Gasteiger partial charge in [-0.25, -0.2) is 0 Å². The molecule has 0 saturated heterocycles. The van der Waals surface area contributed by atoms with Gasteiger partial charge in [0.25, 0.3) is 0 Å². The van der Waals surface area contributed by atoms with Crippen LogP contribution in [0.15, 0.2) is 47.4 Å². The SMILES string of the molecule is COc1cc(C(=O)c2ccccc2SC)ccc1Cl. The molecule has 0 spiro atoms. The molecule has 0 aliphatic carbocycles. The maximum Gasteiger partial charge on any atom is 0.194 e. The molecule has 0 unspecified atom stereocenters. The standard InChI is InChI=1S/C15H13ClO2S/c1-18-13-9-10(7-8-12(13)16)15(17)11-5-3-4-6-14(11)19-2/h3-9H,1-2H3. The van der Waals surface area contributed by atoms with Crippen LogP contribution in [0.4, 0.5) is 0 Å². The summed E-state index contributed by atoms with van der Waals surface area (Å²) in [5.41, 5.74) is 1.27. The lowest BCUT2D eigenvalue weighted by Gasteiger charge is -2.08. The van der Waals surface area contributed by atoms with E-state index < -0.39 is 0 Å². The molecular formula is C15H13ClO2S. The number of hydrogen-bond donors (Lipinski definition) is 0. The van der Waals surface area contributed by atoms with Crippen LogP contribution in [0.2, 0.25) is 5.02 Å². The van der Waals surface area contributed by atoms with Crippen molar-refractivity contribution in [3.8, 4) is 5.75 Å². The van der Waals surface area contributed by atoms with Gasteiger partial charge in [0.15, 0.2) is 5.78 Å². The highest BCUT2D eigenvalue weighted by Gasteiger charge is 2.14. The van der Waals surface area contributed by atoms with Crippen molar-refractivity contribution in [1.82, 2.24) is 0 Å². The van der Waals surface area contributed by atoms with Crippen LogP contribution in [-0.4, -0.2) is 19.1 Å². The quantitative estimate of drug-likeness (QED) is 0.621. The highest BCUT2D eigenvalue weighted by molar-refractivity contribution is 7.98. The van der Waals surface area contributed by atoms with Crippen molar-refractivity contribution in [3.05, 3.63) is 58.6 Å². The molecule has 98 valence electrons. The Morgan fingerprint density at radius 1 is 1.21 bits per heavy atom. The predicted molar refractivity (Wildman–Crippen MR) is 79.7 cm³/mol. The van der Waals surface area contributed by atoms with Gasteiger partial charge in [-0.05, 0) is 36.6 Å². The average Bonchev–Trinajstić information content (AvgIpc) is 2.47. The van der Waals surface area contributed by atoms with Gasteiger partial charge < -0.3 is 4.74 Å². The van der Waals surface area contributed by atoms with Gasteiger partial charge >= 0.3 is 0 Å². The molecule has 0 N–H and O–H groups in total. The second-order valence-electron chi connectivity index (χ2n) is 3.88. The number of carbonyl (C=O) groups is 1. The van der Waals surface area contributed by atoms with Gasteiger partial charge in [0.05, 0.1) is 12.1 Å². The van der Waals surface area contributed by atoms with E-state index in [-0.39, 0.29) is 5.78 Å². The molecule has 0 amide bonds. The Labute approximate surface area is 121 Å². The number of carbonyl (C=O) groups excluding carboxylic acids is 1. The molecule has 0 heterocycles. The number of ketones is 1. The Morgan fingerprint density at radius 2 is 1.95 bits per heavy atom. The lowest BCUT2D eigenvalue weighted by atomic mass is 10.0. The van der Waals surface area contributed by atoms with E-state index in [1.54, 1.807) is 30.0 Å². The third kappa shape index (κ3) is 2.94. The van der Waals surface area contributed by atoms with Crippen molar-refractivity contribution in [2.45, 2.75) is 4.90 Å². The highest BCUT2D eigenvalue weighted by Crippen LogP contribution is 2.28. The number of thioether (sulfide) groups is 1. The van der Waals surface area contributed by atoms with E-state index in [9.17, 15) is 4.79 Å². The van der Waals surface area contributed by atoms with Crippen molar-refractivity contribution in [2.24, 2.45) is 0 Å². The van der Waals surface area contributed by atoms with Crippen LogP contribution in [0, 0.1) is 0 Å². The first-order chi connectivity index (χ1) is 9.17. The molecule has 0 radical (unpaired) electrons. The molecule has 0 aliphatic heterocycles. The van der Waals surface area contributed by atoms with Crippen LogP contribution in [0.1, 0.15) is 15.9 Å². The van der Waals surface area contributed by atoms with Crippen molar-refractivity contribution in [3.63, 3.8) is 0 Å². The summed E-state index contributed by atoms with van der Waals surface area (Å²) in [7, 11) is 1.53. The zero-order valence-corrected chi connectivity index (χ0v) is 12.2. The zero-order valence-electron chi connectivity index (χ0n) is 10.6. The number of methoxy groups -OCH3 is 1. The molecular weight excluding hydrogens is 280 g/mol. The van der Waals surface area contributed by atoms with Crippen LogP contribution in [0.5, 0.6) is 5.75 Å². The minimum atomic E-state index is -0.0279. The fraction of sp³-hybridized carbons (Fsp3) is 0.133. The topological polar surface area (TPSA) is 26.3 Å². The number of halogens is 1.